The molecule has 0 saturated heterocycles. The van der Waals surface area contributed by atoms with Crippen LogP contribution in [0.5, 0.6) is 0 Å². The summed E-state index contributed by atoms with van der Waals surface area (Å²) >= 11 is 0. The summed E-state index contributed by atoms with van der Waals surface area (Å²) < 4.78 is 2.41. The Bertz CT molecular complexity index is 3580. The zero-order chi connectivity index (χ0) is 42.4. The maximum absolute atomic E-state index is 2.41. The van der Waals surface area contributed by atoms with E-state index >= 15 is 0 Å². The summed E-state index contributed by atoms with van der Waals surface area (Å²) in [5.74, 6) is 0. The average molecular weight is 815 g/mol. The molecular weight excluding hydrogens is 773 g/mol. The molecule has 0 atom stereocenters. The average Bonchev–Trinajstić information content (AvgIpc) is 3.71. The van der Waals surface area contributed by atoms with Crippen LogP contribution in [0.2, 0.25) is 0 Å². The summed E-state index contributed by atoms with van der Waals surface area (Å²) in [6.45, 7) is 0. The first kappa shape index (κ1) is 37.3. The highest BCUT2D eigenvalue weighted by molar-refractivity contribution is 6.10. The molecule has 64 heavy (non-hydrogen) atoms. The third kappa shape index (κ3) is 6.44. The molecule has 0 bridgehead atoms. The van der Waals surface area contributed by atoms with Crippen LogP contribution in [0.3, 0.4) is 0 Å². The Balaban J connectivity index is 0.926. The second-order valence-corrected chi connectivity index (χ2v) is 16.5. The van der Waals surface area contributed by atoms with Crippen LogP contribution in [-0.4, -0.2) is 4.57 Å². The van der Waals surface area contributed by atoms with Crippen molar-refractivity contribution in [2.24, 2.45) is 0 Å². The minimum atomic E-state index is 1.09. The zero-order valence-electron chi connectivity index (χ0n) is 35.1. The Morgan fingerprint density at radius 3 is 1.38 bits per heavy atom. The second kappa shape index (κ2) is 15.8. The summed E-state index contributed by atoms with van der Waals surface area (Å²) in [5, 5.41) is 7.45. The summed E-state index contributed by atoms with van der Waals surface area (Å²) in [7, 11) is 0. The van der Waals surface area contributed by atoms with Gasteiger partial charge in [-0.1, -0.05) is 206 Å². The predicted octanol–water partition coefficient (Wildman–Crippen LogP) is 17.2. The number of anilines is 3. The van der Waals surface area contributed by atoms with Gasteiger partial charge in [0.2, 0.25) is 0 Å². The van der Waals surface area contributed by atoms with Crippen LogP contribution in [0.1, 0.15) is 0 Å². The van der Waals surface area contributed by atoms with Crippen molar-refractivity contribution in [3.05, 3.63) is 255 Å². The molecule has 0 N–H and O–H groups in total. The number of hydrogen-bond donors (Lipinski definition) is 0. The van der Waals surface area contributed by atoms with E-state index in [0.29, 0.717) is 0 Å². The molecule has 2 nitrogen and oxygen atoms in total. The maximum Gasteiger partial charge on any atom is 0.0541 e. The highest BCUT2D eigenvalue weighted by Crippen LogP contribution is 2.44. The molecule has 0 radical (unpaired) electrons. The van der Waals surface area contributed by atoms with Gasteiger partial charge < -0.3 is 9.47 Å². The molecule has 0 saturated carbocycles. The fraction of sp³-hybridized carbons (Fsp3) is 0. The van der Waals surface area contributed by atoms with Crippen LogP contribution < -0.4 is 4.90 Å². The number of hydrogen-bond acceptors (Lipinski definition) is 1. The molecular formula is C62H42N2. The molecule has 0 aliphatic rings. The van der Waals surface area contributed by atoms with Gasteiger partial charge in [0.05, 0.1) is 22.4 Å². The third-order valence-electron chi connectivity index (χ3n) is 12.8. The van der Waals surface area contributed by atoms with Crippen molar-refractivity contribution in [1.29, 1.82) is 0 Å². The fourth-order valence-electron chi connectivity index (χ4n) is 9.78. The van der Waals surface area contributed by atoms with Crippen LogP contribution >= 0.6 is 0 Å². The van der Waals surface area contributed by atoms with Crippen molar-refractivity contribution in [2.75, 3.05) is 4.90 Å². The molecule has 0 aliphatic carbocycles. The molecule has 1 aromatic heterocycles. The Hall–Kier alpha value is -8.46. The van der Waals surface area contributed by atoms with E-state index in [1.54, 1.807) is 0 Å². The Morgan fingerprint density at radius 2 is 0.688 bits per heavy atom. The summed E-state index contributed by atoms with van der Waals surface area (Å²) in [4.78, 5) is 2.41. The van der Waals surface area contributed by atoms with Crippen molar-refractivity contribution in [2.45, 2.75) is 0 Å². The molecule has 0 fully saturated rings. The van der Waals surface area contributed by atoms with E-state index in [2.05, 4.69) is 264 Å². The van der Waals surface area contributed by atoms with Gasteiger partial charge >= 0.3 is 0 Å². The standard InChI is InChI=1S/C62H42N2/c1-2-15-45(16-3-1)53-41-42-62(56-22-7-6-21-55(53)56)63(50-39-35-47(36-40-50)52-25-14-18-46-17-4-5-19-51(46)52)49-37-33-44(34-38-49)43-29-31-48(32-30-43)54-20-8-11-26-59(54)64-60-27-12-9-23-57(60)58-24-10-13-28-61(58)64/h1-42H. The number of benzene rings is 11. The van der Waals surface area contributed by atoms with E-state index in [1.807, 2.05) is 0 Å². The van der Waals surface area contributed by atoms with E-state index in [1.165, 1.54) is 93.5 Å². The minimum Gasteiger partial charge on any atom is -0.310 e. The number of rotatable bonds is 8. The molecule has 0 unspecified atom stereocenters. The van der Waals surface area contributed by atoms with Crippen molar-refractivity contribution in [3.8, 4) is 50.2 Å². The Labute approximate surface area is 373 Å². The van der Waals surface area contributed by atoms with Gasteiger partial charge in [0.15, 0.2) is 0 Å². The molecule has 2 heteroatoms. The van der Waals surface area contributed by atoms with E-state index in [0.717, 1.165) is 17.1 Å². The van der Waals surface area contributed by atoms with Gasteiger partial charge in [-0.25, -0.2) is 0 Å². The van der Waals surface area contributed by atoms with Gasteiger partial charge in [-0.2, -0.15) is 0 Å². The first-order valence-corrected chi connectivity index (χ1v) is 22.0. The van der Waals surface area contributed by atoms with Crippen molar-refractivity contribution in [1.82, 2.24) is 4.57 Å². The monoisotopic (exact) mass is 814 g/mol. The smallest absolute Gasteiger partial charge is 0.0541 e. The van der Waals surface area contributed by atoms with Gasteiger partial charge in [-0.15, -0.1) is 0 Å². The summed E-state index contributed by atoms with van der Waals surface area (Å²) in [6.07, 6.45) is 0. The minimum absolute atomic E-state index is 1.09. The van der Waals surface area contributed by atoms with Gasteiger partial charge in [-0.05, 0) is 104 Å². The molecule has 12 aromatic rings. The predicted molar refractivity (Wildman–Crippen MR) is 272 cm³/mol. The number of nitrogens with zero attached hydrogens (tertiary/aromatic N) is 2. The summed E-state index contributed by atoms with van der Waals surface area (Å²) in [6, 6.07) is 92.6. The van der Waals surface area contributed by atoms with Crippen molar-refractivity contribution in [3.63, 3.8) is 0 Å². The number of fused-ring (bicyclic) bond motifs is 5. The summed E-state index contributed by atoms with van der Waals surface area (Å²) in [5.41, 5.74) is 16.5. The fourth-order valence-corrected chi connectivity index (χ4v) is 9.78. The van der Waals surface area contributed by atoms with Gasteiger partial charge in [0.25, 0.3) is 0 Å². The largest absolute Gasteiger partial charge is 0.310 e. The molecule has 0 spiro atoms. The molecule has 11 aromatic carbocycles. The van der Waals surface area contributed by atoms with Crippen LogP contribution in [-0.2, 0) is 0 Å². The van der Waals surface area contributed by atoms with Gasteiger partial charge in [0, 0.05) is 33.1 Å². The van der Waals surface area contributed by atoms with Gasteiger partial charge in [-0.3, -0.25) is 0 Å². The van der Waals surface area contributed by atoms with Crippen LogP contribution in [0.15, 0.2) is 255 Å². The van der Waals surface area contributed by atoms with Crippen LogP contribution in [0, 0.1) is 0 Å². The third-order valence-corrected chi connectivity index (χ3v) is 12.8. The lowest BCUT2D eigenvalue weighted by Gasteiger charge is -2.28. The van der Waals surface area contributed by atoms with E-state index in [9.17, 15) is 0 Å². The van der Waals surface area contributed by atoms with Gasteiger partial charge in [0.1, 0.15) is 0 Å². The van der Waals surface area contributed by atoms with Crippen LogP contribution in [0.25, 0.3) is 93.5 Å². The van der Waals surface area contributed by atoms with E-state index < -0.39 is 0 Å². The highest BCUT2D eigenvalue weighted by atomic mass is 15.1. The van der Waals surface area contributed by atoms with Crippen LogP contribution in [0.4, 0.5) is 17.1 Å². The van der Waals surface area contributed by atoms with Crippen molar-refractivity contribution >= 4 is 60.4 Å². The molecule has 300 valence electrons. The lowest BCUT2D eigenvalue weighted by molar-refractivity contribution is 1.18. The highest BCUT2D eigenvalue weighted by Gasteiger charge is 2.19. The SMILES string of the molecule is c1ccc(-c2ccc(N(c3ccc(-c4ccc(-c5ccccc5-n5c6ccccc6c6ccccc65)cc4)cc3)c3ccc(-c4cccc5ccccc45)cc3)c3ccccc23)cc1. The molecule has 1 heterocycles. The lowest BCUT2D eigenvalue weighted by atomic mass is 9.95. The molecule has 12 rings (SSSR count). The lowest BCUT2D eigenvalue weighted by Crippen LogP contribution is -2.10. The van der Waals surface area contributed by atoms with Crippen molar-refractivity contribution < 1.29 is 0 Å². The first-order chi connectivity index (χ1) is 31.8. The number of para-hydroxylation sites is 3. The maximum atomic E-state index is 2.41. The zero-order valence-corrected chi connectivity index (χ0v) is 35.1. The Kier molecular flexibility index (Phi) is 9.20. The quantitative estimate of drug-likeness (QED) is 0.148. The van der Waals surface area contributed by atoms with E-state index in [-0.39, 0.29) is 0 Å². The topological polar surface area (TPSA) is 8.17 Å². The molecule has 0 aliphatic heterocycles. The van der Waals surface area contributed by atoms with E-state index in [4.69, 9.17) is 0 Å². The second-order valence-electron chi connectivity index (χ2n) is 16.5. The first-order valence-electron chi connectivity index (χ1n) is 22.0. The normalized spacial score (nSPS) is 11.4. The Morgan fingerprint density at radius 1 is 0.250 bits per heavy atom. The number of aromatic nitrogens is 1. The molecule has 0 amide bonds.